The summed E-state index contributed by atoms with van der Waals surface area (Å²) in [5.41, 5.74) is 1.41. The van der Waals surface area contributed by atoms with Gasteiger partial charge in [-0.2, -0.15) is 0 Å². The minimum Gasteiger partial charge on any atom is -0.335 e. The van der Waals surface area contributed by atoms with Gasteiger partial charge in [0.15, 0.2) is 0 Å². The maximum Gasteiger partial charge on any atom is 0.272 e. The summed E-state index contributed by atoms with van der Waals surface area (Å²) in [4.78, 5) is 22.9. The maximum absolute atomic E-state index is 12.8. The van der Waals surface area contributed by atoms with Crippen LogP contribution in [-0.4, -0.2) is 46.9 Å². The number of para-hydroxylation sites is 1. The van der Waals surface area contributed by atoms with Crippen molar-refractivity contribution < 1.29 is 4.79 Å². The SMILES string of the molecule is O=C(c1ccc2ccccc2n1)N1CCN(Cc2ccc(Br)s2)CC1. The van der Waals surface area contributed by atoms with Crippen LogP contribution in [-0.2, 0) is 6.54 Å². The molecule has 3 aromatic rings. The summed E-state index contributed by atoms with van der Waals surface area (Å²) >= 11 is 5.28. The number of hydrogen-bond acceptors (Lipinski definition) is 4. The largest absolute Gasteiger partial charge is 0.335 e. The fraction of sp³-hybridized carbons (Fsp3) is 0.263. The molecule has 1 aliphatic heterocycles. The molecule has 1 saturated heterocycles. The first-order chi connectivity index (χ1) is 12.2. The Morgan fingerprint density at radius 3 is 2.60 bits per heavy atom. The van der Waals surface area contributed by atoms with Gasteiger partial charge in [-0.25, -0.2) is 4.98 Å². The summed E-state index contributed by atoms with van der Waals surface area (Å²) in [5.74, 6) is 0.0317. The molecule has 1 fully saturated rings. The number of rotatable bonds is 3. The quantitative estimate of drug-likeness (QED) is 0.647. The molecule has 128 valence electrons. The molecule has 0 N–H and O–H groups in total. The number of pyridine rings is 1. The van der Waals surface area contributed by atoms with E-state index < -0.39 is 0 Å². The molecule has 6 heteroatoms. The standard InChI is InChI=1S/C19H18BrN3OS/c20-18-8-6-15(25-18)13-22-9-11-23(12-10-22)19(24)17-7-5-14-3-1-2-4-16(14)21-17/h1-8H,9-13H2. The summed E-state index contributed by atoms with van der Waals surface area (Å²) in [5, 5.41) is 1.06. The van der Waals surface area contributed by atoms with Gasteiger partial charge in [-0.15, -0.1) is 11.3 Å². The van der Waals surface area contributed by atoms with Crippen LogP contribution in [0.2, 0.25) is 0 Å². The van der Waals surface area contributed by atoms with Crippen LogP contribution in [0.5, 0.6) is 0 Å². The number of carbonyl (C=O) groups is 1. The molecule has 0 atom stereocenters. The van der Waals surface area contributed by atoms with Crippen molar-refractivity contribution in [3.8, 4) is 0 Å². The first-order valence-corrected chi connectivity index (χ1v) is 9.92. The van der Waals surface area contributed by atoms with Crippen molar-refractivity contribution >= 4 is 44.1 Å². The Bertz CT molecular complexity index is 902. The zero-order chi connectivity index (χ0) is 17.2. The molecule has 4 nitrogen and oxygen atoms in total. The normalized spacial score (nSPS) is 15.6. The predicted octanol–water partition coefficient (Wildman–Crippen LogP) is 4.02. The number of benzene rings is 1. The van der Waals surface area contributed by atoms with Crippen molar-refractivity contribution in [1.29, 1.82) is 0 Å². The Labute approximate surface area is 159 Å². The minimum absolute atomic E-state index is 0.0317. The number of amides is 1. The van der Waals surface area contributed by atoms with E-state index in [0.29, 0.717) is 5.69 Å². The average molecular weight is 416 g/mol. The predicted molar refractivity (Wildman–Crippen MR) is 105 cm³/mol. The first kappa shape index (κ1) is 16.7. The summed E-state index contributed by atoms with van der Waals surface area (Å²) < 4.78 is 1.17. The molecule has 0 unspecified atom stereocenters. The number of halogens is 1. The second-order valence-electron chi connectivity index (χ2n) is 6.16. The summed E-state index contributed by atoms with van der Waals surface area (Å²) in [6, 6.07) is 15.9. The van der Waals surface area contributed by atoms with Gasteiger partial charge in [0.1, 0.15) is 5.69 Å². The third-order valence-electron chi connectivity index (χ3n) is 4.49. The number of nitrogens with zero attached hydrogens (tertiary/aromatic N) is 3. The van der Waals surface area contributed by atoms with Crippen LogP contribution in [0.15, 0.2) is 52.3 Å². The average Bonchev–Trinajstić information content (AvgIpc) is 3.06. The number of hydrogen-bond donors (Lipinski definition) is 0. The third kappa shape index (κ3) is 3.76. The Morgan fingerprint density at radius 2 is 1.84 bits per heavy atom. The highest BCUT2D eigenvalue weighted by molar-refractivity contribution is 9.11. The molecule has 3 heterocycles. The molecule has 4 rings (SSSR count). The van der Waals surface area contributed by atoms with E-state index in [-0.39, 0.29) is 5.91 Å². The second kappa shape index (κ2) is 7.23. The van der Waals surface area contributed by atoms with Crippen molar-refractivity contribution in [2.24, 2.45) is 0 Å². The molecule has 0 bridgehead atoms. The zero-order valence-corrected chi connectivity index (χ0v) is 16.1. The molecule has 0 radical (unpaired) electrons. The maximum atomic E-state index is 12.8. The second-order valence-corrected chi connectivity index (χ2v) is 8.71. The zero-order valence-electron chi connectivity index (χ0n) is 13.7. The van der Waals surface area contributed by atoms with Gasteiger partial charge in [-0.05, 0) is 40.2 Å². The summed E-state index contributed by atoms with van der Waals surface area (Å²) in [6.45, 7) is 4.25. The molecular formula is C19H18BrN3OS. The van der Waals surface area contributed by atoms with E-state index in [1.807, 2.05) is 41.3 Å². The van der Waals surface area contributed by atoms with E-state index >= 15 is 0 Å². The lowest BCUT2D eigenvalue weighted by Crippen LogP contribution is -2.48. The Morgan fingerprint density at radius 1 is 1.04 bits per heavy atom. The molecule has 0 spiro atoms. The third-order valence-corrected chi connectivity index (χ3v) is 6.09. The highest BCUT2D eigenvalue weighted by Gasteiger charge is 2.23. The first-order valence-electron chi connectivity index (χ1n) is 8.31. The van der Waals surface area contributed by atoms with Gasteiger partial charge >= 0.3 is 0 Å². The summed E-state index contributed by atoms with van der Waals surface area (Å²) in [6.07, 6.45) is 0. The number of carbonyl (C=O) groups excluding carboxylic acids is 1. The number of piperazine rings is 1. The van der Waals surface area contributed by atoms with Crippen LogP contribution in [0.3, 0.4) is 0 Å². The van der Waals surface area contributed by atoms with Crippen molar-refractivity contribution in [3.05, 3.63) is 62.9 Å². The molecule has 1 aliphatic rings. The highest BCUT2D eigenvalue weighted by Crippen LogP contribution is 2.23. The number of aromatic nitrogens is 1. The van der Waals surface area contributed by atoms with Crippen molar-refractivity contribution in [1.82, 2.24) is 14.8 Å². The fourth-order valence-electron chi connectivity index (χ4n) is 3.11. The molecule has 1 aromatic carbocycles. The van der Waals surface area contributed by atoms with Gasteiger partial charge in [0, 0.05) is 43.0 Å². The number of fused-ring (bicyclic) bond motifs is 1. The van der Waals surface area contributed by atoms with Crippen LogP contribution >= 0.6 is 27.3 Å². The van der Waals surface area contributed by atoms with Crippen molar-refractivity contribution in [2.75, 3.05) is 26.2 Å². The Balaban J connectivity index is 1.40. The monoisotopic (exact) mass is 415 g/mol. The fourth-order valence-corrected chi connectivity index (χ4v) is 4.64. The lowest BCUT2D eigenvalue weighted by molar-refractivity contribution is 0.0624. The van der Waals surface area contributed by atoms with Gasteiger partial charge < -0.3 is 4.90 Å². The van der Waals surface area contributed by atoms with Gasteiger partial charge in [-0.1, -0.05) is 24.3 Å². The van der Waals surface area contributed by atoms with E-state index in [1.54, 1.807) is 11.3 Å². The van der Waals surface area contributed by atoms with Crippen molar-refractivity contribution in [2.45, 2.75) is 6.54 Å². The van der Waals surface area contributed by atoms with Gasteiger partial charge in [-0.3, -0.25) is 9.69 Å². The van der Waals surface area contributed by atoms with E-state index in [9.17, 15) is 4.79 Å². The lowest BCUT2D eigenvalue weighted by Gasteiger charge is -2.34. The molecule has 2 aromatic heterocycles. The molecular weight excluding hydrogens is 398 g/mol. The van der Waals surface area contributed by atoms with Gasteiger partial charge in [0.2, 0.25) is 0 Å². The van der Waals surface area contributed by atoms with Crippen LogP contribution < -0.4 is 0 Å². The molecule has 0 saturated carbocycles. The minimum atomic E-state index is 0.0317. The van der Waals surface area contributed by atoms with Crippen LogP contribution in [0, 0.1) is 0 Å². The van der Waals surface area contributed by atoms with Gasteiger partial charge in [0.05, 0.1) is 9.30 Å². The molecule has 1 amide bonds. The molecule has 25 heavy (non-hydrogen) atoms. The van der Waals surface area contributed by atoms with E-state index in [4.69, 9.17) is 0 Å². The smallest absolute Gasteiger partial charge is 0.272 e. The molecule has 0 aliphatic carbocycles. The Hall–Kier alpha value is -1.76. The van der Waals surface area contributed by atoms with E-state index in [0.717, 1.165) is 43.6 Å². The van der Waals surface area contributed by atoms with Gasteiger partial charge in [0.25, 0.3) is 5.91 Å². The lowest BCUT2D eigenvalue weighted by atomic mass is 10.2. The van der Waals surface area contributed by atoms with E-state index in [2.05, 4.69) is 37.9 Å². The van der Waals surface area contributed by atoms with E-state index in [1.165, 1.54) is 8.66 Å². The number of thiophene rings is 1. The van der Waals surface area contributed by atoms with Crippen LogP contribution in [0.25, 0.3) is 10.9 Å². The topological polar surface area (TPSA) is 36.4 Å². The summed E-state index contributed by atoms with van der Waals surface area (Å²) in [7, 11) is 0. The van der Waals surface area contributed by atoms with Crippen molar-refractivity contribution in [3.63, 3.8) is 0 Å². The highest BCUT2D eigenvalue weighted by atomic mass is 79.9. The Kier molecular flexibility index (Phi) is 4.83. The van der Waals surface area contributed by atoms with Crippen LogP contribution in [0.4, 0.5) is 0 Å². The van der Waals surface area contributed by atoms with Crippen LogP contribution in [0.1, 0.15) is 15.4 Å².